The van der Waals surface area contributed by atoms with Crippen molar-refractivity contribution in [2.24, 2.45) is 5.73 Å². The van der Waals surface area contributed by atoms with Crippen molar-refractivity contribution in [3.8, 4) is 0 Å². The summed E-state index contributed by atoms with van der Waals surface area (Å²) in [6.07, 6.45) is 0.770. The van der Waals surface area contributed by atoms with Gasteiger partial charge in [-0.15, -0.1) is 0 Å². The summed E-state index contributed by atoms with van der Waals surface area (Å²) in [4.78, 5) is 4.40. The summed E-state index contributed by atoms with van der Waals surface area (Å²) >= 11 is 5.97. The Bertz CT molecular complexity index is 531. The number of nitrogens with zero attached hydrogens (tertiary/aromatic N) is 1. The average molecular weight is 239 g/mol. The van der Waals surface area contributed by atoms with Crippen molar-refractivity contribution < 1.29 is 4.42 Å². The number of aryl methyl sites for hydroxylation is 1. The Morgan fingerprint density at radius 1 is 1.50 bits per heavy atom. The van der Waals surface area contributed by atoms with Crippen molar-refractivity contribution in [2.75, 3.05) is 0 Å². The summed E-state index contributed by atoms with van der Waals surface area (Å²) in [5, 5.41) is 0.667. The molecule has 1 heterocycles. The molecule has 1 aromatic heterocycles. The lowest BCUT2D eigenvalue weighted by atomic mass is 10.0. The zero-order chi connectivity index (χ0) is 11.9. The van der Waals surface area contributed by atoms with Crippen LogP contribution in [0.2, 0.25) is 5.02 Å². The Morgan fingerprint density at radius 3 is 2.81 bits per heavy atom. The smallest absolute Gasteiger partial charge is 0.215 e. The lowest BCUT2D eigenvalue weighted by Gasteiger charge is -2.17. The van der Waals surface area contributed by atoms with Crippen molar-refractivity contribution in [2.45, 2.75) is 32.7 Å². The van der Waals surface area contributed by atoms with Crippen LogP contribution in [0.15, 0.2) is 16.5 Å². The number of nitrogens with two attached hydrogens (primary N) is 1. The molecule has 2 aromatic rings. The van der Waals surface area contributed by atoms with Crippen LogP contribution in [0.3, 0.4) is 0 Å². The van der Waals surface area contributed by atoms with Crippen LogP contribution in [0.1, 0.15) is 31.7 Å². The van der Waals surface area contributed by atoms with E-state index in [0.29, 0.717) is 10.9 Å². The summed E-state index contributed by atoms with van der Waals surface area (Å²) in [5.41, 5.74) is 8.09. The molecule has 3 nitrogen and oxygen atoms in total. The van der Waals surface area contributed by atoms with Gasteiger partial charge < -0.3 is 10.2 Å². The molecule has 4 heteroatoms. The molecule has 0 aliphatic heterocycles. The third-order valence-electron chi connectivity index (χ3n) is 2.86. The topological polar surface area (TPSA) is 52.0 Å². The maximum absolute atomic E-state index is 6.10. The highest BCUT2D eigenvalue weighted by atomic mass is 35.5. The van der Waals surface area contributed by atoms with Gasteiger partial charge in [0.05, 0.1) is 5.54 Å². The molecule has 0 spiro atoms. The lowest BCUT2D eigenvalue weighted by molar-refractivity contribution is 0.356. The van der Waals surface area contributed by atoms with E-state index < -0.39 is 5.54 Å². The van der Waals surface area contributed by atoms with Crippen LogP contribution in [-0.4, -0.2) is 4.98 Å². The van der Waals surface area contributed by atoms with Gasteiger partial charge in [-0.05, 0) is 38.0 Å². The number of hydrogen-bond donors (Lipinski definition) is 1. The molecule has 1 atom stereocenters. The fraction of sp³-hybridized carbons (Fsp3) is 0.417. The van der Waals surface area contributed by atoms with Crippen LogP contribution in [0.4, 0.5) is 0 Å². The van der Waals surface area contributed by atoms with E-state index in [1.807, 2.05) is 26.8 Å². The number of aromatic nitrogens is 1. The van der Waals surface area contributed by atoms with E-state index >= 15 is 0 Å². The summed E-state index contributed by atoms with van der Waals surface area (Å²) in [6, 6.07) is 3.65. The zero-order valence-electron chi connectivity index (χ0n) is 9.67. The number of rotatable bonds is 2. The van der Waals surface area contributed by atoms with Gasteiger partial charge in [0, 0.05) is 5.02 Å². The third-order valence-corrected chi connectivity index (χ3v) is 3.08. The first-order valence-electron chi connectivity index (χ1n) is 5.30. The van der Waals surface area contributed by atoms with Crippen LogP contribution >= 0.6 is 11.6 Å². The van der Waals surface area contributed by atoms with Gasteiger partial charge in [-0.3, -0.25) is 0 Å². The predicted octanol–water partition coefficient (Wildman–Crippen LogP) is 3.37. The number of halogens is 1. The average Bonchev–Trinajstić information content (AvgIpc) is 2.62. The van der Waals surface area contributed by atoms with Crippen molar-refractivity contribution >= 4 is 22.7 Å². The summed E-state index contributed by atoms with van der Waals surface area (Å²) in [6.45, 7) is 5.87. The van der Waals surface area contributed by atoms with Crippen LogP contribution in [0.5, 0.6) is 0 Å². The molecule has 16 heavy (non-hydrogen) atoms. The third kappa shape index (κ3) is 1.81. The first kappa shape index (κ1) is 11.4. The molecule has 86 valence electrons. The first-order valence-corrected chi connectivity index (χ1v) is 5.68. The molecule has 1 aromatic carbocycles. The highest BCUT2D eigenvalue weighted by molar-refractivity contribution is 6.31. The largest absolute Gasteiger partial charge is 0.438 e. The van der Waals surface area contributed by atoms with Gasteiger partial charge in [0.2, 0.25) is 5.89 Å². The van der Waals surface area contributed by atoms with E-state index in [0.717, 1.165) is 23.1 Å². The van der Waals surface area contributed by atoms with E-state index in [-0.39, 0.29) is 0 Å². The van der Waals surface area contributed by atoms with E-state index in [4.69, 9.17) is 21.8 Å². The molecule has 0 aliphatic rings. The van der Waals surface area contributed by atoms with Crippen LogP contribution in [-0.2, 0) is 5.54 Å². The zero-order valence-corrected chi connectivity index (χ0v) is 10.4. The second-order valence-electron chi connectivity index (χ2n) is 4.36. The molecule has 0 fully saturated rings. The molecule has 1 unspecified atom stereocenters. The summed E-state index contributed by atoms with van der Waals surface area (Å²) in [7, 11) is 0. The Kier molecular flexibility index (Phi) is 2.68. The highest BCUT2D eigenvalue weighted by Gasteiger charge is 2.25. The molecule has 2 N–H and O–H groups in total. The van der Waals surface area contributed by atoms with Gasteiger partial charge >= 0.3 is 0 Å². The minimum Gasteiger partial charge on any atom is -0.438 e. The highest BCUT2D eigenvalue weighted by Crippen LogP contribution is 2.29. The summed E-state index contributed by atoms with van der Waals surface area (Å²) in [5.74, 6) is 0.565. The van der Waals surface area contributed by atoms with E-state index in [9.17, 15) is 0 Å². The molecule has 0 saturated carbocycles. The quantitative estimate of drug-likeness (QED) is 0.873. The van der Waals surface area contributed by atoms with E-state index in [2.05, 4.69) is 4.98 Å². The van der Waals surface area contributed by atoms with Crippen molar-refractivity contribution in [1.82, 2.24) is 4.98 Å². The number of hydrogen-bond acceptors (Lipinski definition) is 3. The minimum absolute atomic E-state index is 0.530. The van der Waals surface area contributed by atoms with E-state index in [1.54, 1.807) is 6.07 Å². The Balaban J connectivity index is 2.65. The molecular weight excluding hydrogens is 224 g/mol. The number of oxazole rings is 1. The van der Waals surface area contributed by atoms with Crippen molar-refractivity contribution in [3.05, 3.63) is 28.6 Å². The summed E-state index contributed by atoms with van der Waals surface area (Å²) < 4.78 is 5.71. The second kappa shape index (κ2) is 3.75. The van der Waals surface area contributed by atoms with Gasteiger partial charge in [0.15, 0.2) is 5.58 Å². The maximum atomic E-state index is 6.10. The SMILES string of the molecule is CCC(C)(N)c1nc2cc(Cl)cc(C)c2o1. The van der Waals surface area contributed by atoms with Crippen molar-refractivity contribution in [3.63, 3.8) is 0 Å². The van der Waals surface area contributed by atoms with Gasteiger partial charge in [0.25, 0.3) is 0 Å². The first-order chi connectivity index (χ1) is 7.44. The lowest BCUT2D eigenvalue weighted by Crippen LogP contribution is -2.32. The van der Waals surface area contributed by atoms with Crippen LogP contribution in [0.25, 0.3) is 11.1 Å². The molecule has 0 amide bonds. The van der Waals surface area contributed by atoms with Crippen LogP contribution in [0, 0.1) is 6.92 Å². The Labute approximate surface area is 99.6 Å². The van der Waals surface area contributed by atoms with Crippen molar-refractivity contribution in [1.29, 1.82) is 0 Å². The van der Waals surface area contributed by atoms with Gasteiger partial charge in [0.1, 0.15) is 5.52 Å². The molecule has 0 bridgehead atoms. The molecule has 0 radical (unpaired) electrons. The monoisotopic (exact) mass is 238 g/mol. The maximum Gasteiger partial charge on any atom is 0.215 e. The van der Waals surface area contributed by atoms with Gasteiger partial charge in [-0.2, -0.15) is 0 Å². The molecule has 0 saturated heterocycles. The Hall–Kier alpha value is -1.06. The van der Waals surface area contributed by atoms with E-state index in [1.165, 1.54) is 0 Å². The Morgan fingerprint density at radius 2 is 2.19 bits per heavy atom. The normalized spacial score (nSPS) is 15.3. The molecular formula is C12H15ClN2O. The second-order valence-corrected chi connectivity index (χ2v) is 4.80. The predicted molar refractivity (Wildman–Crippen MR) is 65.6 cm³/mol. The number of fused-ring (bicyclic) bond motifs is 1. The van der Waals surface area contributed by atoms with Gasteiger partial charge in [-0.1, -0.05) is 18.5 Å². The van der Waals surface area contributed by atoms with Crippen LogP contribution < -0.4 is 5.73 Å². The minimum atomic E-state index is -0.530. The molecule has 0 aliphatic carbocycles. The fourth-order valence-electron chi connectivity index (χ4n) is 1.55. The fourth-order valence-corrected chi connectivity index (χ4v) is 1.82. The standard InChI is InChI=1S/C12H15ClN2O/c1-4-12(3,14)11-15-9-6-8(13)5-7(2)10(9)16-11/h5-6H,4,14H2,1-3H3. The van der Waals surface area contributed by atoms with Gasteiger partial charge in [-0.25, -0.2) is 4.98 Å². The number of benzene rings is 1. The molecule has 2 rings (SSSR count).